The molecule has 2 aliphatic rings. The first-order valence-electron chi connectivity index (χ1n) is 8.92. The highest BCUT2D eigenvalue weighted by Gasteiger charge is 2.59. The van der Waals surface area contributed by atoms with Crippen molar-refractivity contribution in [3.05, 3.63) is 46.8 Å². The standard InChI is InChI=1S/C21H18ClNO6/c1-10-6-12(24)7-15(25)21(10)20(26)17-14(27-2)8-13(18(22)19(17)29-21)11-4-5-16(28-3)23-9-11/h4-5,7-10,25H,6H2,1-3H3/t10-,21+/m1/s1. The van der Waals surface area contributed by atoms with E-state index in [2.05, 4.69) is 4.98 Å². The fourth-order valence-electron chi connectivity index (χ4n) is 3.86. The molecule has 1 spiro atoms. The Bertz CT molecular complexity index is 1060. The molecule has 0 saturated heterocycles. The molecular formula is C21H18ClNO6. The van der Waals surface area contributed by atoms with E-state index in [0.29, 0.717) is 17.0 Å². The maximum absolute atomic E-state index is 13.4. The Morgan fingerprint density at radius 3 is 2.62 bits per heavy atom. The highest BCUT2D eigenvalue weighted by molar-refractivity contribution is 6.36. The molecule has 8 heteroatoms. The van der Waals surface area contributed by atoms with Crippen molar-refractivity contribution >= 4 is 23.2 Å². The number of aromatic nitrogens is 1. The molecule has 29 heavy (non-hydrogen) atoms. The van der Waals surface area contributed by atoms with E-state index < -0.39 is 23.1 Å². The van der Waals surface area contributed by atoms with Crippen LogP contribution in [0.5, 0.6) is 17.4 Å². The average molecular weight is 416 g/mol. The predicted octanol–water partition coefficient (Wildman–Crippen LogP) is 3.78. The molecule has 0 bridgehead atoms. The van der Waals surface area contributed by atoms with Crippen molar-refractivity contribution in [3.8, 4) is 28.5 Å². The molecule has 2 atom stereocenters. The van der Waals surface area contributed by atoms with Crippen molar-refractivity contribution < 1.29 is 28.9 Å². The molecule has 0 unspecified atom stereocenters. The van der Waals surface area contributed by atoms with Crippen LogP contribution in [0.4, 0.5) is 0 Å². The number of aliphatic hydroxyl groups excluding tert-OH is 1. The highest BCUT2D eigenvalue weighted by atomic mass is 35.5. The van der Waals surface area contributed by atoms with E-state index in [1.807, 2.05) is 0 Å². The Morgan fingerprint density at radius 2 is 2.03 bits per heavy atom. The minimum atomic E-state index is -1.69. The number of Topliss-reactive ketones (excluding diaryl/α,β-unsaturated/α-hetero) is 1. The van der Waals surface area contributed by atoms with Gasteiger partial charge in [0.25, 0.3) is 0 Å². The number of methoxy groups -OCH3 is 2. The van der Waals surface area contributed by atoms with Gasteiger partial charge in [-0.1, -0.05) is 18.5 Å². The van der Waals surface area contributed by atoms with Gasteiger partial charge in [0.2, 0.25) is 17.3 Å². The lowest BCUT2D eigenvalue weighted by Gasteiger charge is -2.34. The van der Waals surface area contributed by atoms with Crippen LogP contribution in [0.1, 0.15) is 23.7 Å². The minimum absolute atomic E-state index is 0.0684. The molecule has 1 aliphatic heterocycles. The quantitative estimate of drug-likeness (QED) is 0.814. The second kappa shape index (κ2) is 6.77. The Morgan fingerprint density at radius 1 is 1.28 bits per heavy atom. The van der Waals surface area contributed by atoms with Gasteiger partial charge in [-0.25, -0.2) is 4.98 Å². The summed E-state index contributed by atoms with van der Waals surface area (Å²) in [6, 6.07) is 5.08. The number of ether oxygens (including phenoxy) is 3. The van der Waals surface area contributed by atoms with E-state index in [9.17, 15) is 14.7 Å². The molecule has 1 N–H and O–H groups in total. The lowest BCUT2D eigenvalue weighted by molar-refractivity contribution is -0.118. The number of ketones is 2. The fourth-order valence-corrected chi connectivity index (χ4v) is 4.15. The number of aliphatic hydroxyl groups is 1. The van der Waals surface area contributed by atoms with Crippen molar-refractivity contribution in [2.24, 2.45) is 5.92 Å². The van der Waals surface area contributed by atoms with E-state index in [4.69, 9.17) is 25.8 Å². The molecule has 0 amide bonds. The van der Waals surface area contributed by atoms with Crippen molar-refractivity contribution in [3.63, 3.8) is 0 Å². The summed E-state index contributed by atoms with van der Waals surface area (Å²) >= 11 is 6.62. The first kappa shape index (κ1) is 19.3. The maximum atomic E-state index is 13.4. The summed E-state index contributed by atoms with van der Waals surface area (Å²) in [7, 11) is 2.95. The van der Waals surface area contributed by atoms with Crippen LogP contribution in [-0.4, -0.2) is 41.5 Å². The molecule has 0 radical (unpaired) electrons. The van der Waals surface area contributed by atoms with Crippen LogP contribution in [0.25, 0.3) is 11.1 Å². The van der Waals surface area contributed by atoms with Crippen molar-refractivity contribution in [2.75, 3.05) is 14.2 Å². The summed E-state index contributed by atoms with van der Waals surface area (Å²) in [5, 5.41) is 10.7. The number of nitrogens with zero attached hydrogens (tertiary/aromatic N) is 1. The van der Waals surface area contributed by atoms with Gasteiger partial charge in [0.1, 0.15) is 17.1 Å². The summed E-state index contributed by atoms with van der Waals surface area (Å²) in [6.07, 6.45) is 2.69. The Hall–Kier alpha value is -3.06. The second-order valence-electron chi connectivity index (χ2n) is 7.00. The van der Waals surface area contributed by atoms with Gasteiger partial charge in [0.15, 0.2) is 11.5 Å². The van der Waals surface area contributed by atoms with Gasteiger partial charge < -0.3 is 19.3 Å². The van der Waals surface area contributed by atoms with Gasteiger partial charge in [0.05, 0.1) is 19.2 Å². The van der Waals surface area contributed by atoms with Crippen LogP contribution < -0.4 is 14.2 Å². The number of allylic oxidation sites excluding steroid dienone is 1. The fraction of sp³-hybridized carbons (Fsp3) is 0.286. The number of hydrogen-bond acceptors (Lipinski definition) is 7. The van der Waals surface area contributed by atoms with Crippen LogP contribution in [0.15, 0.2) is 36.2 Å². The molecule has 7 nitrogen and oxygen atoms in total. The molecule has 1 aliphatic carbocycles. The van der Waals surface area contributed by atoms with Crippen LogP contribution in [-0.2, 0) is 4.79 Å². The van der Waals surface area contributed by atoms with E-state index in [1.54, 1.807) is 31.3 Å². The van der Waals surface area contributed by atoms with Crippen LogP contribution in [0.2, 0.25) is 5.02 Å². The molecule has 150 valence electrons. The van der Waals surface area contributed by atoms with Crippen molar-refractivity contribution in [2.45, 2.75) is 18.9 Å². The molecule has 2 heterocycles. The number of rotatable bonds is 3. The van der Waals surface area contributed by atoms with Crippen LogP contribution >= 0.6 is 11.6 Å². The topological polar surface area (TPSA) is 95.0 Å². The van der Waals surface area contributed by atoms with E-state index in [-0.39, 0.29) is 34.3 Å². The summed E-state index contributed by atoms with van der Waals surface area (Å²) in [6.45, 7) is 1.68. The lowest BCUT2D eigenvalue weighted by atomic mass is 9.75. The van der Waals surface area contributed by atoms with E-state index in [0.717, 1.165) is 6.08 Å². The third kappa shape index (κ3) is 2.68. The van der Waals surface area contributed by atoms with Gasteiger partial charge >= 0.3 is 0 Å². The molecule has 1 aromatic heterocycles. The first-order chi connectivity index (χ1) is 13.8. The SMILES string of the molecule is COc1ccc(-c2cc(OC)c3c(c2Cl)O[C@]2(C3=O)C(O)=CC(=O)C[C@H]2C)cn1. The third-order valence-corrected chi connectivity index (χ3v) is 5.74. The van der Waals surface area contributed by atoms with Crippen molar-refractivity contribution in [1.29, 1.82) is 0 Å². The Labute approximate surface area is 171 Å². The average Bonchev–Trinajstić information content (AvgIpc) is 3.02. The number of benzene rings is 1. The largest absolute Gasteiger partial charge is 0.507 e. The number of fused-ring (bicyclic) bond motifs is 1. The zero-order valence-corrected chi connectivity index (χ0v) is 16.7. The van der Waals surface area contributed by atoms with Gasteiger partial charge in [-0.3, -0.25) is 9.59 Å². The van der Waals surface area contributed by atoms with Gasteiger partial charge in [-0.2, -0.15) is 0 Å². The minimum Gasteiger partial charge on any atom is -0.507 e. The van der Waals surface area contributed by atoms with Gasteiger partial charge in [-0.15, -0.1) is 0 Å². The second-order valence-corrected chi connectivity index (χ2v) is 7.38. The lowest BCUT2D eigenvalue weighted by Crippen LogP contribution is -2.51. The number of halogens is 1. The van der Waals surface area contributed by atoms with Crippen molar-refractivity contribution in [1.82, 2.24) is 4.98 Å². The van der Waals surface area contributed by atoms with Crippen LogP contribution in [0, 0.1) is 5.92 Å². The summed E-state index contributed by atoms with van der Waals surface area (Å²) < 4.78 is 16.5. The zero-order chi connectivity index (χ0) is 20.9. The predicted molar refractivity (Wildman–Crippen MR) is 105 cm³/mol. The monoisotopic (exact) mass is 415 g/mol. The third-order valence-electron chi connectivity index (χ3n) is 5.37. The summed E-state index contributed by atoms with van der Waals surface area (Å²) in [5.74, 6) is -0.938. The first-order valence-corrected chi connectivity index (χ1v) is 9.30. The molecular weight excluding hydrogens is 398 g/mol. The zero-order valence-electron chi connectivity index (χ0n) is 16.0. The number of carbonyl (C=O) groups excluding carboxylic acids is 2. The molecule has 1 aromatic carbocycles. The highest BCUT2D eigenvalue weighted by Crippen LogP contribution is 2.53. The van der Waals surface area contributed by atoms with Gasteiger partial charge in [-0.05, 0) is 12.1 Å². The summed E-state index contributed by atoms with van der Waals surface area (Å²) in [5.41, 5.74) is -0.334. The summed E-state index contributed by atoms with van der Waals surface area (Å²) in [4.78, 5) is 29.4. The molecule has 4 rings (SSSR count). The number of hydrogen-bond donors (Lipinski definition) is 1. The molecule has 0 saturated carbocycles. The van der Waals surface area contributed by atoms with E-state index >= 15 is 0 Å². The molecule has 2 aromatic rings. The van der Waals surface area contributed by atoms with Gasteiger partial charge in [0, 0.05) is 41.8 Å². The Balaban J connectivity index is 1.90. The number of pyridine rings is 1. The normalized spacial score (nSPS) is 22.9. The maximum Gasteiger partial charge on any atom is 0.230 e. The smallest absolute Gasteiger partial charge is 0.230 e. The number of carbonyl (C=O) groups is 2. The Kier molecular flexibility index (Phi) is 4.50. The molecule has 0 fully saturated rings. The van der Waals surface area contributed by atoms with E-state index in [1.165, 1.54) is 14.2 Å². The van der Waals surface area contributed by atoms with Crippen LogP contribution in [0.3, 0.4) is 0 Å².